The number of nitrogens with zero attached hydrogens (tertiary/aromatic N) is 1. The van der Waals surface area contributed by atoms with Crippen LogP contribution in [0.15, 0.2) is 77.9 Å². The number of benzene rings is 3. The van der Waals surface area contributed by atoms with E-state index in [2.05, 4.69) is 15.8 Å². The fourth-order valence-corrected chi connectivity index (χ4v) is 3.12. The van der Waals surface area contributed by atoms with Crippen LogP contribution in [0.2, 0.25) is 5.02 Å². The Kier molecular flexibility index (Phi) is 8.76. The molecule has 0 aliphatic carbocycles. The molecule has 0 radical (unpaired) electrons. The zero-order chi connectivity index (χ0) is 24.5. The lowest BCUT2D eigenvalue weighted by Gasteiger charge is -2.20. The molecule has 6 nitrogen and oxygen atoms in total. The Morgan fingerprint density at radius 3 is 2.26 bits per heavy atom. The van der Waals surface area contributed by atoms with Crippen LogP contribution in [0.5, 0.6) is 5.75 Å². The highest BCUT2D eigenvalue weighted by atomic mass is 35.5. The molecular formula is C26H25ClFN3O3. The van der Waals surface area contributed by atoms with Gasteiger partial charge in [0.05, 0.1) is 6.21 Å². The summed E-state index contributed by atoms with van der Waals surface area (Å²) >= 11 is 5.86. The topological polar surface area (TPSA) is 79.8 Å². The van der Waals surface area contributed by atoms with E-state index in [1.165, 1.54) is 18.3 Å². The number of nitrogens with one attached hydrogen (secondary N) is 2. The standard InChI is InChI=1S/C26H25ClFN3O3/c1-17(2)24(30-25(32)20-7-9-21(27)10-8-20)26(33)31-29-15-18-5-13-23(14-6-18)34-16-19-3-11-22(28)12-4-19/h3-15,17,24H,16H2,1-2H3,(H,30,32)(H,31,33). The largest absolute Gasteiger partial charge is 0.489 e. The molecule has 0 aliphatic rings. The van der Waals surface area contributed by atoms with Crippen molar-refractivity contribution in [2.45, 2.75) is 26.5 Å². The number of ether oxygens (including phenoxy) is 1. The first-order valence-corrected chi connectivity index (χ1v) is 11.1. The van der Waals surface area contributed by atoms with E-state index in [0.29, 0.717) is 22.9 Å². The molecule has 3 aromatic rings. The van der Waals surface area contributed by atoms with Gasteiger partial charge in [-0.3, -0.25) is 9.59 Å². The van der Waals surface area contributed by atoms with Gasteiger partial charge in [-0.1, -0.05) is 37.6 Å². The van der Waals surface area contributed by atoms with Gasteiger partial charge in [0.15, 0.2) is 0 Å². The molecule has 176 valence electrons. The average molecular weight is 482 g/mol. The number of hydrazone groups is 1. The Balaban J connectivity index is 1.52. The van der Waals surface area contributed by atoms with E-state index in [1.54, 1.807) is 60.7 Å². The maximum Gasteiger partial charge on any atom is 0.262 e. The first kappa shape index (κ1) is 24.9. The zero-order valence-corrected chi connectivity index (χ0v) is 19.6. The van der Waals surface area contributed by atoms with Crippen molar-refractivity contribution >= 4 is 29.6 Å². The third-order valence-corrected chi connectivity index (χ3v) is 5.18. The van der Waals surface area contributed by atoms with Crippen LogP contribution in [0.25, 0.3) is 0 Å². The first-order chi connectivity index (χ1) is 16.3. The maximum atomic E-state index is 13.0. The van der Waals surface area contributed by atoms with E-state index in [9.17, 15) is 14.0 Å². The lowest BCUT2D eigenvalue weighted by Crippen LogP contribution is -2.48. The van der Waals surface area contributed by atoms with Gasteiger partial charge in [-0.25, -0.2) is 9.82 Å². The van der Waals surface area contributed by atoms with E-state index in [1.807, 2.05) is 13.8 Å². The Morgan fingerprint density at radius 2 is 1.65 bits per heavy atom. The predicted octanol–water partition coefficient (Wildman–Crippen LogP) is 4.96. The quantitative estimate of drug-likeness (QED) is 0.335. The number of halogens is 2. The van der Waals surface area contributed by atoms with Crippen LogP contribution in [0.1, 0.15) is 35.3 Å². The molecule has 2 N–H and O–H groups in total. The fraction of sp³-hybridized carbons (Fsp3) is 0.192. The van der Waals surface area contributed by atoms with Crippen LogP contribution in [-0.4, -0.2) is 24.1 Å². The van der Waals surface area contributed by atoms with Crippen molar-refractivity contribution in [1.29, 1.82) is 0 Å². The molecule has 0 bridgehead atoms. The molecule has 0 aliphatic heterocycles. The van der Waals surface area contributed by atoms with Gasteiger partial charge in [-0.15, -0.1) is 0 Å². The third-order valence-electron chi connectivity index (χ3n) is 4.93. The second-order valence-electron chi connectivity index (χ2n) is 7.92. The molecule has 0 spiro atoms. The highest BCUT2D eigenvalue weighted by Crippen LogP contribution is 2.14. The summed E-state index contributed by atoms with van der Waals surface area (Å²) in [6.07, 6.45) is 1.50. The highest BCUT2D eigenvalue weighted by molar-refractivity contribution is 6.30. The number of hydrogen-bond donors (Lipinski definition) is 2. The molecular weight excluding hydrogens is 457 g/mol. The highest BCUT2D eigenvalue weighted by Gasteiger charge is 2.24. The van der Waals surface area contributed by atoms with Crippen LogP contribution in [0, 0.1) is 11.7 Å². The van der Waals surface area contributed by atoms with Crippen LogP contribution in [-0.2, 0) is 11.4 Å². The summed E-state index contributed by atoms with van der Waals surface area (Å²) in [4.78, 5) is 25.0. The zero-order valence-electron chi connectivity index (χ0n) is 18.8. The molecule has 2 amide bonds. The normalized spacial score (nSPS) is 11.9. The lowest BCUT2D eigenvalue weighted by molar-refractivity contribution is -0.123. The van der Waals surface area contributed by atoms with E-state index >= 15 is 0 Å². The number of rotatable bonds is 9. The third kappa shape index (κ3) is 7.42. The van der Waals surface area contributed by atoms with Crippen LogP contribution in [0.4, 0.5) is 4.39 Å². The number of carbonyl (C=O) groups excluding carboxylic acids is 2. The summed E-state index contributed by atoms with van der Waals surface area (Å²) in [5.41, 5.74) is 4.50. The Morgan fingerprint density at radius 1 is 1.00 bits per heavy atom. The minimum Gasteiger partial charge on any atom is -0.489 e. The molecule has 34 heavy (non-hydrogen) atoms. The van der Waals surface area contributed by atoms with E-state index in [-0.39, 0.29) is 17.6 Å². The molecule has 0 saturated carbocycles. The monoisotopic (exact) mass is 481 g/mol. The molecule has 1 atom stereocenters. The molecule has 0 saturated heterocycles. The van der Waals surface area contributed by atoms with Crippen LogP contribution < -0.4 is 15.5 Å². The molecule has 1 unspecified atom stereocenters. The number of carbonyl (C=O) groups is 2. The van der Waals surface area contributed by atoms with Crippen molar-refractivity contribution in [3.05, 3.63) is 100 Å². The van der Waals surface area contributed by atoms with Crippen molar-refractivity contribution in [3.8, 4) is 5.75 Å². The van der Waals surface area contributed by atoms with Crippen molar-refractivity contribution in [1.82, 2.24) is 10.7 Å². The predicted molar refractivity (Wildman–Crippen MR) is 130 cm³/mol. The Bertz CT molecular complexity index is 1130. The van der Waals surface area contributed by atoms with Crippen molar-refractivity contribution < 1.29 is 18.7 Å². The van der Waals surface area contributed by atoms with Gasteiger partial charge in [0, 0.05) is 10.6 Å². The Hall–Kier alpha value is -3.71. The second-order valence-corrected chi connectivity index (χ2v) is 8.36. The second kappa shape index (κ2) is 12.0. The van der Waals surface area contributed by atoms with Gasteiger partial charge < -0.3 is 10.1 Å². The minimum atomic E-state index is -0.762. The molecule has 3 aromatic carbocycles. The van der Waals surface area contributed by atoms with Crippen molar-refractivity contribution in [2.24, 2.45) is 11.0 Å². The van der Waals surface area contributed by atoms with Gasteiger partial charge >= 0.3 is 0 Å². The SMILES string of the molecule is CC(C)C(NC(=O)c1ccc(Cl)cc1)C(=O)NN=Cc1ccc(OCc2ccc(F)cc2)cc1. The van der Waals surface area contributed by atoms with Crippen LogP contribution in [0.3, 0.4) is 0 Å². The molecule has 3 rings (SSSR count). The number of amides is 2. The van der Waals surface area contributed by atoms with Gasteiger partial charge in [-0.05, 0) is 77.7 Å². The van der Waals surface area contributed by atoms with E-state index < -0.39 is 11.9 Å². The van der Waals surface area contributed by atoms with Gasteiger partial charge in [0.2, 0.25) is 0 Å². The molecule has 0 aromatic heterocycles. The van der Waals surface area contributed by atoms with Crippen molar-refractivity contribution in [2.75, 3.05) is 0 Å². The molecule has 0 heterocycles. The summed E-state index contributed by atoms with van der Waals surface area (Å²) < 4.78 is 18.6. The van der Waals surface area contributed by atoms with E-state index in [4.69, 9.17) is 16.3 Å². The van der Waals surface area contributed by atoms with Gasteiger partial charge in [0.1, 0.15) is 24.2 Å². The average Bonchev–Trinajstić information content (AvgIpc) is 2.83. The van der Waals surface area contributed by atoms with E-state index in [0.717, 1.165) is 11.1 Å². The Labute approximate surface area is 202 Å². The smallest absolute Gasteiger partial charge is 0.262 e. The molecule has 0 fully saturated rings. The summed E-state index contributed by atoms with van der Waals surface area (Å²) in [7, 11) is 0. The summed E-state index contributed by atoms with van der Waals surface area (Å²) in [6, 6.07) is 18.9. The van der Waals surface area contributed by atoms with Crippen LogP contribution >= 0.6 is 11.6 Å². The van der Waals surface area contributed by atoms with Gasteiger partial charge in [0.25, 0.3) is 11.8 Å². The summed E-state index contributed by atoms with van der Waals surface area (Å²) in [5.74, 6) is -0.582. The fourth-order valence-electron chi connectivity index (χ4n) is 3.00. The summed E-state index contributed by atoms with van der Waals surface area (Å²) in [5, 5.41) is 7.26. The first-order valence-electron chi connectivity index (χ1n) is 10.7. The van der Waals surface area contributed by atoms with Gasteiger partial charge in [-0.2, -0.15) is 5.10 Å². The molecule has 8 heteroatoms. The minimum absolute atomic E-state index is 0.149. The maximum absolute atomic E-state index is 13.0. The number of hydrogen-bond acceptors (Lipinski definition) is 4. The van der Waals surface area contributed by atoms with Crippen molar-refractivity contribution in [3.63, 3.8) is 0 Å². The summed E-state index contributed by atoms with van der Waals surface area (Å²) in [6.45, 7) is 3.99. The lowest BCUT2D eigenvalue weighted by atomic mass is 10.0.